The first-order chi connectivity index (χ1) is 10.7. The first-order valence-corrected chi connectivity index (χ1v) is 6.43. The van der Waals surface area contributed by atoms with Gasteiger partial charge in [0.1, 0.15) is 5.60 Å². The van der Waals surface area contributed by atoms with Crippen molar-refractivity contribution < 1.29 is 19.7 Å². The molecule has 23 heavy (non-hydrogen) atoms. The average Bonchev–Trinajstić information content (AvgIpc) is 2.43. The second-order valence-electron chi connectivity index (χ2n) is 5.19. The lowest BCUT2D eigenvalue weighted by molar-refractivity contribution is 0.0634. The van der Waals surface area contributed by atoms with Crippen LogP contribution in [0.5, 0.6) is 11.5 Å². The number of aromatic nitrogens is 4. The number of hydrogen-bond acceptors (Lipinski definition) is 9. The van der Waals surface area contributed by atoms with Gasteiger partial charge in [0.05, 0.1) is 24.8 Å². The number of rotatable bonds is 1. The maximum atomic E-state index is 11.2. The second-order valence-corrected chi connectivity index (χ2v) is 5.19. The summed E-state index contributed by atoms with van der Waals surface area (Å²) < 4.78 is 4.98. The first-order valence-electron chi connectivity index (χ1n) is 6.43. The summed E-state index contributed by atoms with van der Waals surface area (Å²) in [6.07, 6.45) is 4.21. The summed E-state index contributed by atoms with van der Waals surface area (Å²) in [5.74, 6) is 0.216. The molecule has 2 rings (SSSR count). The molecule has 10 nitrogen and oxygen atoms in total. The monoisotopic (exact) mass is 322 g/mol. The van der Waals surface area contributed by atoms with Crippen molar-refractivity contribution in [3.8, 4) is 11.5 Å². The number of nitrogens with one attached hydrogen (secondary N) is 1. The van der Waals surface area contributed by atoms with Gasteiger partial charge in [-0.2, -0.15) is 0 Å². The Hall–Kier alpha value is -3.17. The van der Waals surface area contributed by atoms with Crippen LogP contribution in [0.2, 0.25) is 0 Å². The molecule has 0 fully saturated rings. The number of anilines is 2. The Balaban J connectivity index is 0.000000277. The molecule has 124 valence electrons. The molecule has 0 aliphatic heterocycles. The van der Waals surface area contributed by atoms with Crippen LogP contribution in [0.15, 0.2) is 24.8 Å². The molecule has 0 saturated carbocycles. The molecule has 0 radical (unpaired) electrons. The lowest BCUT2D eigenvalue weighted by Crippen LogP contribution is -2.27. The number of carbonyl (C=O) groups excluding carboxylic acids is 1. The molecule has 0 aromatic carbocycles. The first kappa shape index (κ1) is 17.9. The number of amides is 1. The quantitative estimate of drug-likeness (QED) is 0.607. The summed E-state index contributed by atoms with van der Waals surface area (Å²) in [5.41, 5.74) is 4.52. The summed E-state index contributed by atoms with van der Waals surface area (Å²) in [6.45, 7) is 5.26. The number of hydrogen-bond donors (Lipinski definition) is 4. The molecule has 1 amide bonds. The van der Waals surface area contributed by atoms with Crippen LogP contribution >= 0.6 is 0 Å². The van der Waals surface area contributed by atoms with Gasteiger partial charge in [0, 0.05) is 0 Å². The predicted molar refractivity (Wildman–Crippen MR) is 81.7 cm³/mol. The van der Waals surface area contributed by atoms with E-state index in [2.05, 4.69) is 25.3 Å². The van der Waals surface area contributed by atoms with E-state index in [1.54, 1.807) is 20.8 Å². The van der Waals surface area contributed by atoms with Gasteiger partial charge in [-0.05, 0) is 20.8 Å². The van der Waals surface area contributed by atoms with Gasteiger partial charge in [0.15, 0.2) is 11.5 Å². The molecule has 2 heterocycles. The van der Waals surface area contributed by atoms with E-state index in [0.29, 0.717) is 0 Å². The molecular formula is C13H18N6O4. The number of nitrogen functional groups attached to an aromatic ring is 1. The Bertz CT molecular complexity index is 603. The zero-order valence-electron chi connectivity index (χ0n) is 12.9. The number of carbonyl (C=O) groups is 1. The highest BCUT2D eigenvalue weighted by Crippen LogP contribution is 2.09. The highest BCUT2D eigenvalue weighted by atomic mass is 16.6. The fourth-order valence-electron chi connectivity index (χ4n) is 1.11. The number of ether oxygens (including phenoxy) is 1. The third-order valence-electron chi connectivity index (χ3n) is 1.91. The topological polar surface area (TPSA) is 156 Å². The van der Waals surface area contributed by atoms with Crippen molar-refractivity contribution >= 4 is 18.0 Å². The third kappa shape index (κ3) is 7.99. The second kappa shape index (κ2) is 7.73. The Morgan fingerprint density at radius 1 is 1.04 bits per heavy atom. The molecule has 0 unspecified atom stereocenters. The lowest BCUT2D eigenvalue weighted by atomic mass is 10.2. The van der Waals surface area contributed by atoms with Crippen molar-refractivity contribution in [1.29, 1.82) is 0 Å². The minimum absolute atomic E-state index is 0.0270. The lowest BCUT2D eigenvalue weighted by Gasteiger charge is -2.19. The third-order valence-corrected chi connectivity index (χ3v) is 1.91. The zero-order valence-corrected chi connectivity index (χ0v) is 12.9. The van der Waals surface area contributed by atoms with E-state index in [-0.39, 0.29) is 23.4 Å². The number of nitrogens with zero attached hydrogens (tertiary/aromatic N) is 4. The van der Waals surface area contributed by atoms with Crippen molar-refractivity contribution in [3.05, 3.63) is 24.8 Å². The SMILES string of the molecule is CC(C)(C)OC(=O)Nc1ncc(O)cn1.Nc1ncc(O)cn1. The Labute approximate surface area is 132 Å². The van der Waals surface area contributed by atoms with Crippen molar-refractivity contribution in [2.45, 2.75) is 26.4 Å². The molecule has 5 N–H and O–H groups in total. The molecule has 2 aromatic heterocycles. The summed E-state index contributed by atoms with van der Waals surface area (Å²) in [5, 5.41) is 19.8. The normalized spacial score (nSPS) is 10.2. The fourth-order valence-corrected chi connectivity index (χ4v) is 1.11. The minimum atomic E-state index is -0.631. The Morgan fingerprint density at radius 2 is 1.48 bits per heavy atom. The molecule has 2 aromatic rings. The maximum Gasteiger partial charge on any atom is 0.414 e. The molecule has 0 atom stereocenters. The molecule has 0 spiro atoms. The highest BCUT2D eigenvalue weighted by molar-refractivity contribution is 5.82. The van der Waals surface area contributed by atoms with Crippen LogP contribution in [0.25, 0.3) is 0 Å². The molecule has 10 heteroatoms. The standard InChI is InChI=1S/C9H13N3O3.C4H5N3O/c1-9(2,3)15-8(14)12-7-10-4-6(13)5-11-7;5-4-6-1-3(8)2-7-4/h4-5,13H,1-3H3,(H,10,11,12,14);1-2,8H,(H2,5,6,7). The fraction of sp³-hybridized carbons (Fsp3) is 0.308. The van der Waals surface area contributed by atoms with E-state index in [1.807, 2.05) is 0 Å². The van der Waals surface area contributed by atoms with Gasteiger partial charge in [-0.1, -0.05) is 0 Å². The predicted octanol–water partition coefficient (Wildman–Crippen LogP) is 1.29. The molecule has 0 bridgehead atoms. The zero-order chi connectivity index (χ0) is 17.5. The molecular weight excluding hydrogens is 304 g/mol. The van der Waals surface area contributed by atoms with Gasteiger partial charge in [0.25, 0.3) is 0 Å². The van der Waals surface area contributed by atoms with E-state index in [9.17, 15) is 4.79 Å². The van der Waals surface area contributed by atoms with Crippen LogP contribution in [0, 0.1) is 0 Å². The van der Waals surface area contributed by atoms with Crippen molar-refractivity contribution in [3.63, 3.8) is 0 Å². The van der Waals surface area contributed by atoms with E-state index < -0.39 is 11.7 Å². The summed E-state index contributed by atoms with van der Waals surface area (Å²) in [7, 11) is 0. The molecule has 0 saturated heterocycles. The van der Waals surface area contributed by atoms with Crippen LogP contribution in [0.1, 0.15) is 20.8 Å². The van der Waals surface area contributed by atoms with Crippen LogP contribution in [0.3, 0.4) is 0 Å². The Morgan fingerprint density at radius 3 is 1.87 bits per heavy atom. The highest BCUT2D eigenvalue weighted by Gasteiger charge is 2.16. The van der Waals surface area contributed by atoms with E-state index in [4.69, 9.17) is 20.7 Å². The summed E-state index contributed by atoms with van der Waals surface area (Å²) in [4.78, 5) is 25.6. The van der Waals surface area contributed by atoms with Crippen LogP contribution in [-0.2, 0) is 4.74 Å². The average molecular weight is 322 g/mol. The minimum Gasteiger partial charge on any atom is -0.505 e. The van der Waals surface area contributed by atoms with Crippen LogP contribution in [-0.4, -0.2) is 41.8 Å². The molecule has 0 aliphatic carbocycles. The van der Waals surface area contributed by atoms with E-state index in [1.165, 1.54) is 24.8 Å². The van der Waals surface area contributed by atoms with Crippen molar-refractivity contribution in [2.75, 3.05) is 11.1 Å². The Kier molecular flexibility index (Phi) is 6.01. The maximum absolute atomic E-state index is 11.2. The van der Waals surface area contributed by atoms with Gasteiger partial charge in [-0.25, -0.2) is 24.7 Å². The van der Waals surface area contributed by atoms with Crippen LogP contribution in [0.4, 0.5) is 16.7 Å². The van der Waals surface area contributed by atoms with Crippen LogP contribution < -0.4 is 11.1 Å². The van der Waals surface area contributed by atoms with Crippen molar-refractivity contribution in [2.24, 2.45) is 0 Å². The summed E-state index contributed by atoms with van der Waals surface area (Å²) in [6, 6.07) is 0. The van der Waals surface area contributed by atoms with Gasteiger partial charge in [-0.3, -0.25) is 5.32 Å². The van der Waals surface area contributed by atoms with Gasteiger partial charge in [-0.15, -0.1) is 0 Å². The molecule has 0 aliphatic rings. The van der Waals surface area contributed by atoms with Crippen molar-refractivity contribution in [1.82, 2.24) is 19.9 Å². The number of nitrogens with two attached hydrogens (primary N) is 1. The summed E-state index contributed by atoms with van der Waals surface area (Å²) >= 11 is 0. The van der Waals surface area contributed by atoms with Gasteiger partial charge < -0.3 is 20.7 Å². The van der Waals surface area contributed by atoms with E-state index in [0.717, 1.165) is 0 Å². The van der Waals surface area contributed by atoms with Gasteiger partial charge >= 0.3 is 6.09 Å². The largest absolute Gasteiger partial charge is 0.505 e. The van der Waals surface area contributed by atoms with E-state index >= 15 is 0 Å². The smallest absolute Gasteiger partial charge is 0.414 e. The number of aromatic hydroxyl groups is 2. The van der Waals surface area contributed by atoms with Gasteiger partial charge in [0.2, 0.25) is 11.9 Å².